The van der Waals surface area contributed by atoms with Crippen molar-refractivity contribution < 1.29 is 22.5 Å². The van der Waals surface area contributed by atoms with Gasteiger partial charge in [0.15, 0.2) is 5.82 Å². The largest absolute Gasteiger partial charge is 0.403 e. The molecule has 2 heterocycles. The summed E-state index contributed by atoms with van der Waals surface area (Å²) >= 11 is 0. The smallest absolute Gasteiger partial charge is 0.344 e. The van der Waals surface area contributed by atoms with Crippen LogP contribution < -0.4 is 0 Å². The summed E-state index contributed by atoms with van der Waals surface area (Å²) in [4.78, 5) is 15.7. The van der Waals surface area contributed by atoms with Gasteiger partial charge in [0, 0.05) is 13.1 Å². The van der Waals surface area contributed by atoms with E-state index in [1.54, 1.807) is 0 Å². The Morgan fingerprint density at radius 3 is 2.56 bits per heavy atom. The maximum absolute atomic E-state index is 12.8. The molecule has 0 spiro atoms. The van der Waals surface area contributed by atoms with E-state index in [4.69, 9.17) is 4.52 Å². The standard InChI is InChI=1S/C10H10F3N3O2/c11-10(12,13)9(1-2-9)8-14-7(15-18-8)6-3-16(4-6)5-17/h5-6H,1-4H2. The fourth-order valence-corrected chi connectivity index (χ4v) is 2.10. The summed E-state index contributed by atoms with van der Waals surface area (Å²) in [6, 6.07) is 0. The SMILES string of the molecule is O=CN1CC(c2noc(C3(C(F)(F)F)CC3)n2)C1. The number of amides is 1. The third kappa shape index (κ3) is 1.51. The quantitative estimate of drug-likeness (QED) is 0.767. The fraction of sp³-hybridized carbons (Fsp3) is 0.700. The zero-order valence-corrected chi connectivity index (χ0v) is 9.28. The molecule has 1 saturated carbocycles. The van der Waals surface area contributed by atoms with Crippen molar-refractivity contribution in [2.75, 3.05) is 13.1 Å². The Balaban J connectivity index is 1.77. The first-order chi connectivity index (χ1) is 8.46. The van der Waals surface area contributed by atoms with Gasteiger partial charge in [0.1, 0.15) is 5.41 Å². The molecule has 5 nitrogen and oxygen atoms in total. The Morgan fingerprint density at radius 1 is 1.39 bits per heavy atom. The molecule has 0 unspecified atom stereocenters. The maximum Gasteiger partial charge on any atom is 0.403 e. The molecule has 1 aromatic rings. The minimum Gasteiger partial charge on any atom is -0.344 e. The minimum absolute atomic E-state index is 0.00324. The Morgan fingerprint density at radius 2 is 2.06 bits per heavy atom. The predicted octanol–water partition coefficient (Wildman–Crippen LogP) is 1.22. The molecule has 2 aliphatic rings. The van der Waals surface area contributed by atoms with E-state index in [0.29, 0.717) is 19.5 Å². The van der Waals surface area contributed by atoms with Crippen LogP contribution in [0.5, 0.6) is 0 Å². The monoisotopic (exact) mass is 261 g/mol. The topological polar surface area (TPSA) is 59.2 Å². The number of hydrogen-bond donors (Lipinski definition) is 0. The predicted molar refractivity (Wildman–Crippen MR) is 51.6 cm³/mol. The van der Waals surface area contributed by atoms with E-state index in [2.05, 4.69) is 10.1 Å². The van der Waals surface area contributed by atoms with Crippen molar-refractivity contribution in [3.8, 4) is 0 Å². The molecular formula is C10H10F3N3O2. The molecule has 1 aliphatic carbocycles. The van der Waals surface area contributed by atoms with Crippen LogP contribution in [0.25, 0.3) is 0 Å². The van der Waals surface area contributed by atoms with E-state index in [0.717, 1.165) is 0 Å². The summed E-state index contributed by atoms with van der Waals surface area (Å²) in [5.74, 6) is -0.190. The molecule has 0 N–H and O–H groups in total. The van der Waals surface area contributed by atoms with Crippen LogP contribution in [0.15, 0.2) is 4.52 Å². The van der Waals surface area contributed by atoms with Crippen molar-refractivity contribution in [2.24, 2.45) is 0 Å². The molecule has 98 valence electrons. The molecule has 1 amide bonds. The van der Waals surface area contributed by atoms with Crippen LogP contribution in [0.1, 0.15) is 30.5 Å². The van der Waals surface area contributed by atoms with Crippen molar-refractivity contribution >= 4 is 6.41 Å². The first-order valence-corrected chi connectivity index (χ1v) is 5.56. The van der Waals surface area contributed by atoms with Crippen LogP contribution in [0.4, 0.5) is 13.2 Å². The van der Waals surface area contributed by atoms with Crippen LogP contribution >= 0.6 is 0 Å². The highest BCUT2D eigenvalue weighted by Gasteiger charge is 2.68. The van der Waals surface area contributed by atoms with Crippen molar-refractivity contribution in [1.29, 1.82) is 0 Å². The number of halogens is 3. The second-order valence-electron chi connectivity index (χ2n) is 4.79. The molecule has 1 aliphatic heterocycles. The molecule has 0 aromatic carbocycles. The van der Waals surface area contributed by atoms with Gasteiger partial charge in [-0.15, -0.1) is 0 Å². The molecule has 0 bridgehead atoms. The van der Waals surface area contributed by atoms with E-state index < -0.39 is 11.6 Å². The Kier molecular flexibility index (Phi) is 2.21. The van der Waals surface area contributed by atoms with Gasteiger partial charge in [-0.05, 0) is 12.8 Å². The van der Waals surface area contributed by atoms with Gasteiger partial charge >= 0.3 is 6.18 Å². The highest BCUT2D eigenvalue weighted by molar-refractivity contribution is 5.49. The van der Waals surface area contributed by atoms with Crippen LogP contribution in [-0.2, 0) is 10.2 Å². The second kappa shape index (κ2) is 3.46. The molecule has 0 radical (unpaired) electrons. The molecule has 1 aromatic heterocycles. The molecule has 18 heavy (non-hydrogen) atoms. The maximum atomic E-state index is 12.8. The lowest BCUT2D eigenvalue weighted by Gasteiger charge is -2.33. The molecular weight excluding hydrogens is 251 g/mol. The summed E-state index contributed by atoms with van der Waals surface area (Å²) in [6.45, 7) is 0.864. The van der Waals surface area contributed by atoms with Gasteiger partial charge in [0.05, 0.1) is 5.92 Å². The van der Waals surface area contributed by atoms with Crippen molar-refractivity contribution in [2.45, 2.75) is 30.4 Å². The van der Waals surface area contributed by atoms with Gasteiger partial charge in [0.2, 0.25) is 12.3 Å². The van der Waals surface area contributed by atoms with Crippen LogP contribution in [0.2, 0.25) is 0 Å². The van der Waals surface area contributed by atoms with Crippen molar-refractivity contribution in [3.05, 3.63) is 11.7 Å². The number of carbonyl (C=O) groups is 1. The van der Waals surface area contributed by atoms with E-state index in [9.17, 15) is 18.0 Å². The summed E-state index contributed by atoms with van der Waals surface area (Å²) in [7, 11) is 0. The number of likely N-dealkylation sites (tertiary alicyclic amines) is 1. The third-order valence-corrected chi connectivity index (χ3v) is 3.57. The first kappa shape index (κ1) is 11.5. The average Bonchev–Trinajstić information content (AvgIpc) is 2.92. The first-order valence-electron chi connectivity index (χ1n) is 5.56. The number of aromatic nitrogens is 2. The zero-order chi connectivity index (χ0) is 13.0. The van der Waals surface area contributed by atoms with Crippen molar-refractivity contribution in [1.82, 2.24) is 15.0 Å². The number of rotatable bonds is 3. The molecule has 8 heteroatoms. The lowest BCUT2D eigenvalue weighted by molar-refractivity contribution is -0.166. The number of alkyl halides is 3. The number of hydrogen-bond acceptors (Lipinski definition) is 4. The number of carbonyl (C=O) groups excluding carboxylic acids is 1. The lowest BCUT2D eigenvalue weighted by atomic mass is 10.0. The van der Waals surface area contributed by atoms with Gasteiger partial charge in [-0.3, -0.25) is 4.79 Å². The van der Waals surface area contributed by atoms with Crippen LogP contribution in [-0.4, -0.2) is 40.7 Å². The summed E-state index contributed by atoms with van der Waals surface area (Å²) in [6.07, 6.45) is -3.65. The normalized spacial score (nSPS) is 22.7. The van der Waals surface area contributed by atoms with E-state index in [1.807, 2.05) is 0 Å². The zero-order valence-electron chi connectivity index (χ0n) is 9.28. The summed E-state index contributed by atoms with van der Waals surface area (Å²) in [5, 5.41) is 3.60. The summed E-state index contributed by atoms with van der Waals surface area (Å²) < 4.78 is 43.2. The lowest BCUT2D eigenvalue weighted by Crippen LogP contribution is -2.44. The van der Waals surface area contributed by atoms with Gasteiger partial charge in [-0.25, -0.2) is 0 Å². The summed E-state index contributed by atoms with van der Waals surface area (Å²) in [5.41, 5.74) is -1.92. The average molecular weight is 261 g/mol. The van der Waals surface area contributed by atoms with Crippen molar-refractivity contribution in [3.63, 3.8) is 0 Å². The van der Waals surface area contributed by atoms with E-state index in [1.165, 1.54) is 4.90 Å². The third-order valence-electron chi connectivity index (χ3n) is 3.57. The minimum atomic E-state index is -4.34. The highest BCUT2D eigenvalue weighted by Crippen LogP contribution is 2.58. The van der Waals surface area contributed by atoms with Gasteiger partial charge < -0.3 is 9.42 Å². The Bertz CT molecular complexity index is 475. The van der Waals surface area contributed by atoms with Gasteiger partial charge in [-0.1, -0.05) is 5.16 Å². The second-order valence-corrected chi connectivity index (χ2v) is 4.79. The van der Waals surface area contributed by atoms with Gasteiger partial charge in [-0.2, -0.15) is 18.2 Å². The van der Waals surface area contributed by atoms with Crippen LogP contribution in [0.3, 0.4) is 0 Å². The van der Waals surface area contributed by atoms with Gasteiger partial charge in [0.25, 0.3) is 0 Å². The van der Waals surface area contributed by atoms with E-state index >= 15 is 0 Å². The molecule has 2 fully saturated rings. The Hall–Kier alpha value is -1.60. The molecule has 1 saturated heterocycles. The number of nitrogens with zero attached hydrogens (tertiary/aromatic N) is 3. The molecule has 3 rings (SSSR count). The molecule has 0 atom stereocenters. The van der Waals surface area contributed by atoms with Crippen LogP contribution in [0, 0.1) is 0 Å². The fourth-order valence-electron chi connectivity index (χ4n) is 2.10. The highest BCUT2D eigenvalue weighted by atomic mass is 19.4. The Labute approximate surface area is 99.9 Å². The van der Waals surface area contributed by atoms with E-state index in [-0.39, 0.29) is 30.5 Å².